The summed E-state index contributed by atoms with van der Waals surface area (Å²) >= 11 is 0. The molecule has 22 heavy (non-hydrogen) atoms. The Kier molecular flexibility index (Phi) is 3.61. The number of aliphatic hydroxyl groups is 2. The largest absolute Gasteiger partial charge is 0.756 e. The van der Waals surface area contributed by atoms with E-state index in [1.54, 1.807) is 0 Å². The van der Waals surface area contributed by atoms with E-state index in [9.17, 15) is 19.7 Å². The van der Waals surface area contributed by atoms with Crippen molar-refractivity contribution in [2.45, 2.75) is 24.7 Å². The number of aromatic nitrogens is 4. The number of imidazole rings is 1. The molecule has 13 heteroatoms. The van der Waals surface area contributed by atoms with Crippen molar-refractivity contribution in [3.63, 3.8) is 0 Å². The van der Waals surface area contributed by atoms with Gasteiger partial charge in [0.05, 0.1) is 6.33 Å². The normalized spacial score (nSPS) is 31.5. The minimum absolute atomic E-state index is 0.101. The van der Waals surface area contributed by atoms with Crippen LogP contribution in [0, 0.1) is 0 Å². The standard InChI is InChI=1S/C9H12N5O7P/c10-6-3-7(12-1-11-6)14(2-13-3)8-4(15)5(16)9(20-8)21-22(17,18)19/h1-2,4-5,8-9,15-16H,(H2,10,11,12)(H2,17,18,19)/p-1. The van der Waals surface area contributed by atoms with E-state index in [0.29, 0.717) is 0 Å². The zero-order valence-corrected chi connectivity index (χ0v) is 11.6. The summed E-state index contributed by atoms with van der Waals surface area (Å²) in [5.74, 6) is 0.101. The van der Waals surface area contributed by atoms with Gasteiger partial charge in [0, 0.05) is 0 Å². The van der Waals surface area contributed by atoms with Crippen molar-refractivity contribution in [1.82, 2.24) is 19.5 Å². The van der Waals surface area contributed by atoms with Gasteiger partial charge in [0.1, 0.15) is 24.1 Å². The van der Waals surface area contributed by atoms with E-state index in [-0.39, 0.29) is 17.0 Å². The minimum atomic E-state index is -5.15. The fourth-order valence-corrected chi connectivity index (χ4v) is 2.57. The Morgan fingerprint density at radius 3 is 2.77 bits per heavy atom. The Labute approximate surface area is 122 Å². The van der Waals surface area contributed by atoms with Crippen LogP contribution >= 0.6 is 7.82 Å². The highest BCUT2D eigenvalue weighted by molar-refractivity contribution is 7.44. The van der Waals surface area contributed by atoms with Crippen LogP contribution < -0.4 is 10.6 Å². The number of aliphatic hydroxyl groups excluding tert-OH is 2. The number of ether oxygens (including phenoxy) is 1. The summed E-state index contributed by atoms with van der Waals surface area (Å²) in [6.07, 6.45) is -3.88. The molecule has 0 spiro atoms. The molecule has 2 aromatic heterocycles. The molecule has 120 valence electrons. The molecule has 0 aliphatic carbocycles. The van der Waals surface area contributed by atoms with E-state index in [0.717, 1.165) is 0 Å². The Hall–Kier alpha value is -1.66. The molecule has 0 amide bonds. The average molecular weight is 332 g/mol. The van der Waals surface area contributed by atoms with Crippen molar-refractivity contribution in [3.8, 4) is 0 Å². The fraction of sp³-hybridized carbons (Fsp3) is 0.444. The zero-order chi connectivity index (χ0) is 16.1. The first kappa shape index (κ1) is 15.2. The summed E-state index contributed by atoms with van der Waals surface area (Å²) < 4.78 is 21.3. The third-order valence-corrected chi connectivity index (χ3v) is 3.57. The number of nitrogens with two attached hydrogens (primary N) is 1. The number of anilines is 1. The van der Waals surface area contributed by atoms with Crippen molar-refractivity contribution in [1.29, 1.82) is 0 Å². The van der Waals surface area contributed by atoms with E-state index in [4.69, 9.17) is 15.4 Å². The van der Waals surface area contributed by atoms with Crippen LogP contribution in [0.3, 0.4) is 0 Å². The maximum atomic E-state index is 10.7. The van der Waals surface area contributed by atoms with Gasteiger partial charge < -0.3 is 30.5 Å². The summed E-state index contributed by atoms with van der Waals surface area (Å²) in [4.78, 5) is 31.0. The monoisotopic (exact) mass is 332 g/mol. The topological polar surface area (TPSA) is 189 Å². The number of hydrogen-bond acceptors (Lipinski definition) is 10. The Morgan fingerprint density at radius 1 is 1.36 bits per heavy atom. The van der Waals surface area contributed by atoms with Crippen LogP contribution in [-0.4, -0.2) is 53.1 Å². The molecule has 5 unspecified atom stereocenters. The second-order valence-corrected chi connectivity index (χ2v) is 5.68. The molecular formula is C9H11N5O7P-. The highest BCUT2D eigenvalue weighted by Gasteiger charge is 2.46. The van der Waals surface area contributed by atoms with Gasteiger partial charge in [-0.05, 0) is 0 Å². The van der Waals surface area contributed by atoms with Crippen LogP contribution in [0.4, 0.5) is 5.82 Å². The second-order valence-electron chi connectivity index (χ2n) is 4.53. The van der Waals surface area contributed by atoms with Crippen molar-refractivity contribution in [2.75, 3.05) is 5.73 Å². The summed E-state index contributed by atoms with van der Waals surface area (Å²) in [7, 11) is -5.15. The summed E-state index contributed by atoms with van der Waals surface area (Å²) in [5.41, 5.74) is 6.08. The van der Waals surface area contributed by atoms with Gasteiger partial charge in [0.15, 0.2) is 24.0 Å². The van der Waals surface area contributed by atoms with Crippen LogP contribution in [0.15, 0.2) is 12.7 Å². The van der Waals surface area contributed by atoms with Gasteiger partial charge >= 0.3 is 0 Å². The summed E-state index contributed by atoms with van der Waals surface area (Å²) in [6.45, 7) is 0. The predicted molar refractivity (Wildman–Crippen MR) is 66.6 cm³/mol. The molecule has 2 aromatic rings. The number of hydrogen-bond donors (Lipinski definition) is 4. The highest BCUT2D eigenvalue weighted by Crippen LogP contribution is 2.40. The van der Waals surface area contributed by atoms with Gasteiger partial charge in [-0.15, -0.1) is 0 Å². The maximum absolute atomic E-state index is 10.7. The molecule has 0 saturated carbocycles. The lowest BCUT2D eigenvalue weighted by Crippen LogP contribution is -2.33. The first-order valence-electron chi connectivity index (χ1n) is 5.95. The molecule has 1 fully saturated rings. The van der Waals surface area contributed by atoms with Crippen molar-refractivity contribution < 1.29 is 33.8 Å². The van der Waals surface area contributed by atoms with Gasteiger partial charge in [-0.25, -0.2) is 15.0 Å². The van der Waals surface area contributed by atoms with Crippen LogP contribution in [0.5, 0.6) is 0 Å². The molecular weight excluding hydrogens is 321 g/mol. The van der Waals surface area contributed by atoms with Crippen molar-refractivity contribution in [2.24, 2.45) is 0 Å². The van der Waals surface area contributed by atoms with Gasteiger partial charge in [-0.1, -0.05) is 0 Å². The number of phosphoric acid groups is 1. The SMILES string of the molecule is Nc1ncnc2c1ncn2C1OC(OP(=O)([O-])O)C(O)C1O. The molecule has 0 radical (unpaired) electrons. The van der Waals surface area contributed by atoms with Crippen LogP contribution in [-0.2, 0) is 13.8 Å². The predicted octanol–water partition coefficient (Wildman–Crippen LogP) is -2.54. The minimum Gasteiger partial charge on any atom is -0.756 e. The van der Waals surface area contributed by atoms with Crippen LogP contribution in [0.2, 0.25) is 0 Å². The first-order chi connectivity index (χ1) is 10.3. The molecule has 12 nitrogen and oxygen atoms in total. The Morgan fingerprint density at radius 2 is 2.09 bits per heavy atom. The third-order valence-electron chi connectivity index (χ3n) is 3.09. The molecule has 5 N–H and O–H groups in total. The van der Waals surface area contributed by atoms with E-state index in [1.807, 2.05) is 0 Å². The molecule has 1 aliphatic rings. The fourth-order valence-electron chi connectivity index (χ4n) is 2.13. The Bertz CT molecular complexity index is 747. The second kappa shape index (κ2) is 5.21. The van der Waals surface area contributed by atoms with E-state index in [2.05, 4.69) is 19.5 Å². The van der Waals surface area contributed by atoms with E-state index < -0.39 is 32.5 Å². The average Bonchev–Trinajstić information content (AvgIpc) is 2.95. The molecule has 5 atom stereocenters. The number of nitrogens with zero attached hydrogens (tertiary/aromatic N) is 4. The summed E-state index contributed by atoms with van der Waals surface area (Å²) in [6, 6.07) is 0. The van der Waals surface area contributed by atoms with E-state index in [1.165, 1.54) is 17.2 Å². The number of rotatable bonds is 3. The van der Waals surface area contributed by atoms with Crippen molar-refractivity contribution in [3.05, 3.63) is 12.7 Å². The smallest absolute Gasteiger partial charge is 0.267 e. The molecule has 1 saturated heterocycles. The molecule has 1 aliphatic heterocycles. The lowest BCUT2D eigenvalue weighted by molar-refractivity contribution is -0.245. The number of phosphoric ester groups is 1. The van der Waals surface area contributed by atoms with Gasteiger partial charge in [-0.3, -0.25) is 13.7 Å². The molecule has 3 rings (SSSR count). The number of fused-ring (bicyclic) bond motifs is 1. The first-order valence-corrected chi connectivity index (χ1v) is 7.44. The highest BCUT2D eigenvalue weighted by atomic mass is 31.2. The molecule has 0 bridgehead atoms. The third kappa shape index (κ3) is 2.57. The maximum Gasteiger partial charge on any atom is 0.267 e. The van der Waals surface area contributed by atoms with E-state index >= 15 is 0 Å². The lowest BCUT2D eigenvalue weighted by Gasteiger charge is -2.22. The van der Waals surface area contributed by atoms with Gasteiger partial charge in [0.25, 0.3) is 7.82 Å². The van der Waals surface area contributed by atoms with Crippen LogP contribution in [0.25, 0.3) is 11.2 Å². The molecule has 3 heterocycles. The quantitative estimate of drug-likeness (QED) is 0.433. The van der Waals surface area contributed by atoms with Crippen LogP contribution in [0.1, 0.15) is 6.23 Å². The summed E-state index contributed by atoms with van der Waals surface area (Å²) in [5, 5.41) is 19.7. The molecule has 0 aromatic carbocycles. The lowest BCUT2D eigenvalue weighted by atomic mass is 10.2. The Balaban J connectivity index is 1.94. The van der Waals surface area contributed by atoms with Crippen molar-refractivity contribution >= 4 is 24.8 Å². The van der Waals surface area contributed by atoms with Gasteiger partial charge in [0.2, 0.25) is 0 Å². The van der Waals surface area contributed by atoms with Gasteiger partial charge in [-0.2, -0.15) is 0 Å². The number of nitrogen functional groups attached to an aromatic ring is 1. The zero-order valence-electron chi connectivity index (χ0n) is 10.8.